The smallest absolute Gasteiger partial charge is 0.254 e. The van der Waals surface area contributed by atoms with Crippen LogP contribution in [0.4, 0.5) is 0 Å². The first kappa shape index (κ1) is 18.7. The average molecular weight is 429 g/mol. The van der Waals surface area contributed by atoms with Crippen LogP contribution >= 0.6 is 15.9 Å². The van der Waals surface area contributed by atoms with Crippen LogP contribution in [-0.4, -0.2) is 52.6 Å². The minimum atomic E-state index is -0.559. The van der Waals surface area contributed by atoms with Crippen LogP contribution in [0.3, 0.4) is 0 Å². The fourth-order valence-corrected chi connectivity index (χ4v) is 4.61. The summed E-state index contributed by atoms with van der Waals surface area (Å²) in [4.78, 5) is 17.0. The lowest BCUT2D eigenvalue weighted by atomic mass is 9.96. The number of nitrogens with zero attached hydrogens (tertiary/aromatic N) is 2. The van der Waals surface area contributed by atoms with Gasteiger partial charge in [0.25, 0.3) is 5.91 Å². The van der Waals surface area contributed by atoms with Crippen molar-refractivity contribution in [2.75, 3.05) is 19.6 Å². The molecule has 0 saturated carbocycles. The highest BCUT2D eigenvalue weighted by Crippen LogP contribution is 2.25. The van der Waals surface area contributed by atoms with Crippen LogP contribution in [0.25, 0.3) is 0 Å². The summed E-state index contributed by atoms with van der Waals surface area (Å²) in [5.41, 5.74) is 4.60. The summed E-state index contributed by atoms with van der Waals surface area (Å²) < 4.78 is 1.00. The molecule has 0 radical (unpaired) electrons. The number of rotatable bonds is 4. The van der Waals surface area contributed by atoms with Crippen LogP contribution in [0, 0.1) is 0 Å². The molecule has 0 spiro atoms. The summed E-state index contributed by atoms with van der Waals surface area (Å²) in [5, 5.41) is 10.8. The van der Waals surface area contributed by atoms with E-state index >= 15 is 0 Å². The molecule has 2 atom stereocenters. The Labute approximate surface area is 168 Å². The maximum Gasteiger partial charge on any atom is 0.254 e. The second kappa shape index (κ2) is 7.74. The lowest BCUT2D eigenvalue weighted by Crippen LogP contribution is -2.52. The fourth-order valence-electron chi connectivity index (χ4n) is 4.20. The van der Waals surface area contributed by atoms with Crippen molar-refractivity contribution in [2.24, 2.45) is 0 Å². The molecule has 0 aliphatic carbocycles. The molecule has 27 heavy (non-hydrogen) atoms. The summed E-state index contributed by atoms with van der Waals surface area (Å²) in [6, 6.07) is 14.1. The lowest BCUT2D eigenvalue weighted by molar-refractivity contribution is 0.0224. The van der Waals surface area contributed by atoms with Crippen LogP contribution in [-0.2, 0) is 19.4 Å². The van der Waals surface area contributed by atoms with Crippen molar-refractivity contribution in [3.63, 3.8) is 0 Å². The molecule has 4 nitrogen and oxygen atoms in total. The average Bonchev–Trinajstić information content (AvgIpc) is 2.67. The quantitative estimate of drug-likeness (QED) is 0.812. The molecule has 4 rings (SSSR count). The molecule has 0 bridgehead atoms. The van der Waals surface area contributed by atoms with E-state index in [4.69, 9.17) is 0 Å². The topological polar surface area (TPSA) is 43.8 Å². The lowest BCUT2D eigenvalue weighted by Gasteiger charge is -2.38. The Kier molecular flexibility index (Phi) is 5.35. The number of carbonyl (C=O) groups excluding carboxylic acids is 1. The highest BCUT2D eigenvalue weighted by Gasteiger charge is 2.32. The van der Waals surface area contributed by atoms with Gasteiger partial charge in [-0.25, -0.2) is 0 Å². The molecule has 1 N–H and O–H groups in total. The van der Waals surface area contributed by atoms with Gasteiger partial charge in [-0.3, -0.25) is 9.69 Å². The van der Waals surface area contributed by atoms with Crippen LogP contribution in [0.5, 0.6) is 0 Å². The molecular weight excluding hydrogens is 404 g/mol. The van der Waals surface area contributed by atoms with Crippen molar-refractivity contribution in [2.45, 2.75) is 38.5 Å². The van der Waals surface area contributed by atoms with Crippen molar-refractivity contribution in [1.82, 2.24) is 9.80 Å². The maximum atomic E-state index is 12.9. The third-order valence-corrected chi connectivity index (χ3v) is 6.38. The summed E-state index contributed by atoms with van der Waals surface area (Å²) in [6.45, 7) is 5.02. The molecule has 2 aliphatic heterocycles. The van der Waals surface area contributed by atoms with Crippen molar-refractivity contribution < 1.29 is 9.90 Å². The van der Waals surface area contributed by atoms with Gasteiger partial charge in [-0.05, 0) is 54.7 Å². The zero-order valence-corrected chi connectivity index (χ0v) is 17.2. The Bertz CT molecular complexity index is 854. The Hall–Kier alpha value is -1.69. The van der Waals surface area contributed by atoms with E-state index in [1.807, 2.05) is 30.0 Å². The van der Waals surface area contributed by atoms with Gasteiger partial charge in [0, 0.05) is 36.2 Å². The first-order valence-electron chi connectivity index (χ1n) is 9.59. The van der Waals surface area contributed by atoms with E-state index in [2.05, 4.69) is 45.1 Å². The second-order valence-electron chi connectivity index (χ2n) is 7.61. The van der Waals surface area contributed by atoms with Crippen molar-refractivity contribution in [1.29, 1.82) is 0 Å². The molecular formula is C22H25BrN2O2. The molecule has 2 unspecified atom stereocenters. The van der Waals surface area contributed by atoms with E-state index in [1.165, 1.54) is 11.1 Å². The zero-order valence-electron chi connectivity index (χ0n) is 15.6. The van der Waals surface area contributed by atoms with Gasteiger partial charge in [0.2, 0.25) is 0 Å². The normalized spacial score (nSPS) is 19.4. The van der Waals surface area contributed by atoms with Gasteiger partial charge in [0.1, 0.15) is 0 Å². The summed E-state index contributed by atoms with van der Waals surface area (Å²) in [6.07, 6.45) is 1.29. The van der Waals surface area contributed by atoms with Crippen LogP contribution in [0.2, 0.25) is 0 Å². The van der Waals surface area contributed by atoms with Gasteiger partial charge in [-0.15, -0.1) is 0 Å². The van der Waals surface area contributed by atoms with E-state index in [0.717, 1.165) is 41.5 Å². The standard InChI is InChI=1S/C22H25BrN2O2/c1-15(25-11-9-17-12-19(23)6-7-20(17)22(25)27)21(26)14-24-10-8-16-4-2-3-5-18(16)13-24/h2-7,12,15,21,26H,8-11,13-14H2,1H3. The molecule has 2 heterocycles. The van der Waals surface area contributed by atoms with E-state index in [0.29, 0.717) is 13.1 Å². The molecule has 0 saturated heterocycles. The number of halogens is 1. The maximum absolute atomic E-state index is 12.9. The van der Waals surface area contributed by atoms with Crippen LogP contribution in [0.15, 0.2) is 46.9 Å². The van der Waals surface area contributed by atoms with Gasteiger partial charge < -0.3 is 10.0 Å². The minimum Gasteiger partial charge on any atom is -0.390 e. The van der Waals surface area contributed by atoms with Gasteiger partial charge >= 0.3 is 0 Å². The van der Waals surface area contributed by atoms with Gasteiger partial charge in [-0.2, -0.15) is 0 Å². The highest BCUT2D eigenvalue weighted by molar-refractivity contribution is 9.10. The number of β-amino-alcohol motifs (C(OH)–C–C–N with tert-alkyl or cyclic N) is 1. The van der Waals surface area contributed by atoms with E-state index in [-0.39, 0.29) is 11.9 Å². The van der Waals surface area contributed by atoms with Gasteiger partial charge in [0.15, 0.2) is 0 Å². The van der Waals surface area contributed by atoms with Crippen LogP contribution < -0.4 is 0 Å². The van der Waals surface area contributed by atoms with Crippen molar-refractivity contribution in [3.8, 4) is 0 Å². The minimum absolute atomic E-state index is 0.0271. The third-order valence-electron chi connectivity index (χ3n) is 5.88. The molecule has 1 amide bonds. The molecule has 0 fully saturated rings. The molecule has 2 aromatic rings. The first-order valence-corrected chi connectivity index (χ1v) is 10.4. The number of amides is 1. The molecule has 142 valence electrons. The van der Waals surface area contributed by atoms with Crippen molar-refractivity contribution in [3.05, 3.63) is 69.2 Å². The summed E-state index contributed by atoms with van der Waals surface area (Å²) >= 11 is 3.47. The van der Waals surface area contributed by atoms with Crippen LogP contribution in [0.1, 0.15) is 34.0 Å². The van der Waals surface area contributed by atoms with E-state index in [1.54, 1.807) is 0 Å². The number of fused-ring (bicyclic) bond motifs is 2. The first-order chi connectivity index (χ1) is 13.0. The second-order valence-corrected chi connectivity index (χ2v) is 8.53. The number of carbonyl (C=O) groups is 1. The number of aliphatic hydroxyl groups excluding tert-OH is 1. The third kappa shape index (κ3) is 3.82. The number of aliphatic hydroxyl groups is 1. The zero-order chi connectivity index (χ0) is 19.0. The van der Waals surface area contributed by atoms with Gasteiger partial charge in [0.05, 0.1) is 12.1 Å². The predicted octanol–water partition coefficient (Wildman–Crippen LogP) is 3.26. The number of benzene rings is 2. The van der Waals surface area contributed by atoms with Crippen molar-refractivity contribution >= 4 is 21.8 Å². The summed E-state index contributed by atoms with van der Waals surface area (Å²) in [5.74, 6) is 0.0271. The monoisotopic (exact) mass is 428 g/mol. The fraction of sp³-hybridized carbons (Fsp3) is 0.409. The van der Waals surface area contributed by atoms with E-state index in [9.17, 15) is 9.90 Å². The highest BCUT2D eigenvalue weighted by atomic mass is 79.9. The predicted molar refractivity (Wildman–Crippen MR) is 110 cm³/mol. The van der Waals surface area contributed by atoms with E-state index < -0.39 is 6.10 Å². The number of hydrogen-bond donors (Lipinski definition) is 1. The Morgan fingerprint density at radius 1 is 1.07 bits per heavy atom. The molecule has 0 aromatic heterocycles. The molecule has 5 heteroatoms. The Morgan fingerprint density at radius 3 is 2.63 bits per heavy atom. The van der Waals surface area contributed by atoms with Gasteiger partial charge in [-0.1, -0.05) is 40.2 Å². The molecule has 2 aliphatic rings. The SMILES string of the molecule is CC(C(O)CN1CCc2ccccc2C1)N1CCc2cc(Br)ccc2C1=O. The summed E-state index contributed by atoms with van der Waals surface area (Å²) in [7, 11) is 0. The Morgan fingerprint density at radius 2 is 1.81 bits per heavy atom. The Balaban J connectivity index is 1.42. The molecule has 2 aromatic carbocycles. The number of hydrogen-bond acceptors (Lipinski definition) is 3. The largest absolute Gasteiger partial charge is 0.390 e.